The number of thiol groups is 1. The highest BCUT2D eigenvalue weighted by atomic mass is 32.1. The fourth-order valence-electron chi connectivity index (χ4n) is 4.23. The van der Waals surface area contributed by atoms with E-state index < -0.39 is 36.4 Å². The molecule has 0 radical (unpaired) electrons. The quantitative estimate of drug-likeness (QED) is 0.133. The van der Waals surface area contributed by atoms with Crippen LogP contribution in [-0.4, -0.2) is 58.0 Å². The summed E-state index contributed by atoms with van der Waals surface area (Å²) in [6, 6.07) is 6.99. The van der Waals surface area contributed by atoms with Crippen molar-refractivity contribution in [2.75, 3.05) is 6.61 Å². The largest absolute Gasteiger partial charge is 0.459 e. The highest BCUT2D eigenvalue weighted by Gasteiger charge is 2.44. The second-order valence-electron chi connectivity index (χ2n) is 9.18. The smallest absolute Gasteiger partial charge is 0.325 e. The molecule has 1 saturated heterocycles. The Morgan fingerprint density at radius 1 is 1.13 bits per heavy atom. The third-order valence-corrected chi connectivity index (χ3v) is 6.36. The van der Waals surface area contributed by atoms with Gasteiger partial charge in [-0.2, -0.15) is 0 Å². The molecule has 1 aromatic carbocycles. The third kappa shape index (κ3) is 8.51. The van der Waals surface area contributed by atoms with E-state index in [0.717, 1.165) is 5.56 Å². The molecule has 2 aromatic rings. The molecular weight excluding hydrogens is 516 g/mol. The molecule has 12 nitrogen and oxygen atoms in total. The van der Waals surface area contributed by atoms with Crippen LogP contribution in [0.5, 0.6) is 5.75 Å². The van der Waals surface area contributed by atoms with Crippen LogP contribution in [0.2, 0.25) is 0 Å². The molecule has 3 rings (SSSR count). The predicted octanol–water partition coefficient (Wildman–Crippen LogP) is 2.88. The van der Waals surface area contributed by atoms with E-state index in [9.17, 15) is 14.4 Å². The summed E-state index contributed by atoms with van der Waals surface area (Å²) in [5.41, 5.74) is 1.31. The Kier molecular flexibility index (Phi) is 11.1. The molecule has 38 heavy (non-hydrogen) atoms. The van der Waals surface area contributed by atoms with Crippen LogP contribution in [0.15, 0.2) is 30.5 Å². The van der Waals surface area contributed by atoms with Crippen molar-refractivity contribution in [2.45, 2.75) is 72.0 Å². The highest BCUT2D eigenvalue weighted by Crippen LogP contribution is 2.34. The van der Waals surface area contributed by atoms with Gasteiger partial charge in [0, 0.05) is 44.3 Å². The van der Waals surface area contributed by atoms with E-state index in [0.29, 0.717) is 30.9 Å². The maximum atomic E-state index is 11.9. The normalized spacial score (nSPS) is 23.0. The molecule has 13 heteroatoms. The van der Waals surface area contributed by atoms with Crippen molar-refractivity contribution in [1.29, 1.82) is 0 Å². The number of ether oxygens (including phenoxy) is 4. The van der Waals surface area contributed by atoms with E-state index in [-0.39, 0.29) is 24.8 Å². The fourth-order valence-corrected chi connectivity index (χ4v) is 4.34. The standard InChI is InChI=1S/C25H34N4O8S/c1-15-16(2)25(33-11-6-5-10-23(32)37-28-38)36-22(24(15)35-18(4)31)14-29-13-21(26-27-29)19-8-7-9-20(12-19)34-17(3)30/h7-9,12-13,15-16,22,24-25,28,38H,5-6,10-11,14H2,1-4H3/t15-,16?,22?,24-,25?/m1/s1. The van der Waals surface area contributed by atoms with E-state index in [1.165, 1.54) is 13.8 Å². The third-order valence-electron chi connectivity index (χ3n) is 6.27. The monoisotopic (exact) mass is 550 g/mol. The zero-order valence-electron chi connectivity index (χ0n) is 21.9. The van der Waals surface area contributed by atoms with Crippen molar-refractivity contribution in [2.24, 2.45) is 11.8 Å². The first-order valence-electron chi connectivity index (χ1n) is 12.4. The van der Waals surface area contributed by atoms with E-state index in [1.807, 2.05) is 19.9 Å². The lowest BCUT2D eigenvalue weighted by atomic mass is 9.84. The molecule has 1 fully saturated rings. The van der Waals surface area contributed by atoms with Crippen molar-refractivity contribution in [3.63, 3.8) is 0 Å². The first kappa shape index (κ1) is 29.6. The maximum absolute atomic E-state index is 11.9. The lowest BCUT2D eigenvalue weighted by molar-refractivity contribution is -0.269. The first-order valence-corrected chi connectivity index (χ1v) is 12.8. The molecule has 208 valence electrons. The fraction of sp³-hybridized carbons (Fsp3) is 0.560. The summed E-state index contributed by atoms with van der Waals surface area (Å²) >= 11 is 3.63. The Hall–Kier alpha value is -3.00. The van der Waals surface area contributed by atoms with Crippen molar-refractivity contribution < 1.29 is 38.2 Å². The number of nitrogens with one attached hydrogen (secondary N) is 1. The van der Waals surface area contributed by atoms with Crippen LogP contribution in [0.3, 0.4) is 0 Å². The molecule has 3 unspecified atom stereocenters. The van der Waals surface area contributed by atoms with Crippen molar-refractivity contribution >= 4 is 30.7 Å². The van der Waals surface area contributed by atoms with Gasteiger partial charge in [-0.15, -0.1) is 5.10 Å². The van der Waals surface area contributed by atoms with E-state index in [4.69, 9.17) is 18.9 Å². The van der Waals surface area contributed by atoms with Gasteiger partial charge in [-0.25, -0.2) is 4.68 Å². The summed E-state index contributed by atoms with van der Waals surface area (Å²) in [5.74, 6) is -0.901. The number of hydrogen-bond donors (Lipinski definition) is 2. The molecule has 5 atom stereocenters. The number of hydrogen-bond acceptors (Lipinski definition) is 12. The number of carbonyl (C=O) groups is 3. The predicted molar refractivity (Wildman–Crippen MR) is 137 cm³/mol. The molecule has 0 bridgehead atoms. The van der Waals surface area contributed by atoms with Crippen molar-refractivity contribution in [3.05, 3.63) is 30.5 Å². The molecule has 1 aliphatic heterocycles. The average molecular weight is 551 g/mol. The van der Waals surface area contributed by atoms with E-state index in [1.54, 1.807) is 29.1 Å². The molecule has 1 aromatic heterocycles. The lowest BCUT2D eigenvalue weighted by Crippen LogP contribution is -2.53. The van der Waals surface area contributed by atoms with E-state index in [2.05, 4.69) is 32.8 Å². The zero-order chi connectivity index (χ0) is 27.7. The second kappa shape index (κ2) is 14.2. The second-order valence-corrected chi connectivity index (χ2v) is 9.36. The van der Waals surface area contributed by atoms with Crippen LogP contribution in [0, 0.1) is 11.8 Å². The van der Waals surface area contributed by atoms with Crippen LogP contribution in [0.25, 0.3) is 11.3 Å². The SMILES string of the molecule is CC(=O)Oc1cccc(-c2cn(CC3OC(OCCCCC(=O)ONS)C(C)[C@@H](C)[C@H]3OC(C)=O)nn2)c1. The average Bonchev–Trinajstić information content (AvgIpc) is 3.32. The molecule has 2 heterocycles. The lowest BCUT2D eigenvalue weighted by Gasteiger charge is -2.43. The molecule has 0 spiro atoms. The van der Waals surface area contributed by atoms with Crippen LogP contribution >= 0.6 is 12.8 Å². The Labute approximate surface area is 226 Å². The Morgan fingerprint density at radius 3 is 2.63 bits per heavy atom. The summed E-state index contributed by atoms with van der Waals surface area (Å²) in [6.07, 6.45) is 1.64. The molecular formula is C25H34N4O8S. The Balaban J connectivity index is 1.66. The van der Waals surface area contributed by atoms with Crippen molar-refractivity contribution in [3.8, 4) is 17.0 Å². The summed E-state index contributed by atoms with van der Waals surface area (Å²) in [6.45, 7) is 7.35. The van der Waals surface area contributed by atoms with Gasteiger partial charge in [0.05, 0.1) is 12.7 Å². The number of aromatic nitrogens is 3. The molecule has 0 amide bonds. The van der Waals surface area contributed by atoms with Crippen LogP contribution in [-0.2, 0) is 40.0 Å². The van der Waals surface area contributed by atoms with E-state index >= 15 is 0 Å². The van der Waals surface area contributed by atoms with Gasteiger partial charge in [0.2, 0.25) is 0 Å². The summed E-state index contributed by atoms with van der Waals surface area (Å²) in [5, 5.41) is 8.46. The highest BCUT2D eigenvalue weighted by molar-refractivity contribution is 7.77. The minimum Gasteiger partial charge on any atom is -0.459 e. The summed E-state index contributed by atoms with van der Waals surface area (Å²) in [7, 11) is 0. The van der Waals surface area contributed by atoms with Gasteiger partial charge < -0.3 is 23.8 Å². The summed E-state index contributed by atoms with van der Waals surface area (Å²) in [4.78, 5) is 41.2. The van der Waals surface area contributed by atoms with Gasteiger partial charge >= 0.3 is 17.9 Å². The molecule has 1 N–H and O–H groups in total. The maximum Gasteiger partial charge on any atom is 0.325 e. The Bertz CT molecular complexity index is 1100. The molecule has 0 aliphatic carbocycles. The molecule has 0 saturated carbocycles. The van der Waals surface area contributed by atoms with Gasteiger partial charge in [-0.05, 0) is 25.0 Å². The number of esters is 2. The number of benzene rings is 1. The van der Waals surface area contributed by atoms with Gasteiger partial charge in [0.15, 0.2) is 6.29 Å². The first-order chi connectivity index (χ1) is 18.2. The summed E-state index contributed by atoms with van der Waals surface area (Å²) < 4.78 is 24.7. The van der Waals surface area contributed by atoms with Gasteiger partial charge in [0.25, 0.3) is 0 Å². The Morgan fingerprint density at radius 2 is 1.92 bits per heavy atom. The number of nitrogens with zero attached hydrogens (tertiary/aromatic N) is 3. The van der Waals surface area contributed by atoms with Gasteiger partial charge in [0.1, 0.15) is 23.7 Å². The van der Waals surface area contributed by atoms with Crippen LogP contribution < -0.4 is 9.62 Å². The molecule has 1 aliphatic rings. The number of rotatable bonds is 12. The topological polar surface area (TPSA) is 140 Å². The minimum absolute atomic E-state index is 0.0516. The van der Waals surface area contributed by atoms with Crippen LogP contribution in [0.1, 0.15) is 47.0 Å². The number of unbranched alkanes of at least 4 members (excludes halogenated alkanes) is 1. The number of carbonyl (C=O) groups excluding carboxylic acids is 3. The zero-order valence-corrected chi connectivity index (χ0v) is 22.8. The van der Waals surface area contributed by atoms with Crippen molar-refractivity contribution in [1.82, 2.24) is 19.9 Å². The minimum atomic E-state index is -0.534. The van der Waals surface area contributed by atoms with Gasteiger partial charge in [-0.1, -0.05) is 48.9 Å². The van der Waals surface area contributed by atoms with Crippen LogP contribution in [0.4, 0.5) is 0 Å². The van der Waals surface area contributed by atoms with Gasteiger partial charge in [-0.3, -0.25) is 14.4 Å².